The molecule has 1 atom stereocenters. The minimum atomic E-state index is -3.67. The number of hydrogen-bond acceptors (Lipinski definition) is 6. The second kappa shape index (κ2) is 14.9. The smallest absolute Gasteiger partial charge is 0.261 e. The summed E-state index contributed by atoms with van der Waals surface area (Å²) in [7, 11) is -3.67. The number of hydrogen-bond donors (Lipinski definition) is 1. The number of amides is 2. The summed E-state index contributed by atoms with van der Waals surface area (Å²) in [6, 6.07) is 19.7. The first-order valence-electron chi connectivity index (χ1n) is 14.0. The highest BCUT2D eigenvalue weighted by Crippen LogP contribution is 2.25. The molecule has 1 saturated heterocycles. The first kappa shape index (κ1) is 31.1. The molecular weight excluding hydrogens is 561 g/mol. The lowest BCUT2D eigenvalue weighted by molar-refractivity contribution is -0.143. The van der Waals surface area contributed by atoms with Crippen molar-refractivity contribution in [3.8, 4) is 5.75 Å². The van der Waals surface area contributed by atoms with E-state index in [1.54, 1.807) is 36.4 Å². The molecule has 0 saturated carbocycles. The molecule has 0 spiro atoms. The molecule has 4 rings (SSSR count). The average molecular weight is 598 g/mol. The lowest BCUT2D eigenvalue weighted by Gasteiger charge is -2.31. The predicted octanol–water partition coefficient (Wildman–Crippen LogP) is 3.91. The Morgan fingerprint density at radius 2 is 1.67 bits per heavy atom. The predicted molar refractivity (Wildman–Crippen MR) is 156 cm³/mol. The molecular formula is C31H36FN3O6S. The molecule has 3 aromatic carbocycles. The minimum Gasteiger partial charge on any atom is -0.484 e. The largest absolute Gasteiger partial charge is 0.484 e. The van der Waals surface area contributed by atoms with Crippen LogP contribution in [0.5, 0.6) is 5.75 Å². The van der Waals surface area contributed by atoms with Gasteiger partial charge in [0, 0.05) is 26.2 Å². The molecule has 11 heteroatoms. The van der Waals surface area contributed by atoms with Crippen LogP contribution in [-0.4, -0.2) is 68.9 Å². The molecule has 224 valence electrons. The van der Waals surface area contributed by atoms with E-state index >= 15 is 0 Å². The first-order valence-corrected chi connectivity index (χ1v) is 15.4. The van der Waals surface area contributed by atoms with Gasteiger partial charge in [-0.2, -0.15) is 4.31 Å². The van der Waals surface area contributed by atoms with Gasteiger partial charge in [0.05, 0.1) is 18.1 Å². The lowest BCUT2D eigenvalue weighted by atomic mass is 10.0. The van der Waals surface area contributed by atoms with E-state index < -0.39 is 34.4 Å². The van der Waals surface area contributed by atoms with Gasteiger partial charge in [-0.05, 0) is 53.9 Å². The fourth-order valence-corrected chi connectivity index (χ4v) is 5.98. The molecule has 42 heavy (non-hydrogen) atoms. The van der Waals surface area contributed by atoms with Crippen LogP contribution in [0.4, 0.5) is 4.39 Å². The number of morpholine rings is 1. The zero-order valence-electron chi connectivity index (χ0n) is 23.6. The molecule has 3 aromatic rings. The average Bonchev–Trinajstić information content (AvgIpc) is 3.02. The van der Waals surface area contributed by atoms with Crippen molar-refractivity contribution in [3.05, 3.63) is 95.8 Å². The van der Waals surface area contributed by atoms with Gasteiger partial charge in [0.2, 0.25) is 15.9 Å². The fourth-order valence-electron chi connectivity index (χ4n) is 4.58. The third-order valence-electron chi connectivity index (χ3n) is 6.89. The van der Waals surface area contributed by atoms with E-state index in [1.807, 2.05) is 13.0 Å². The van der Waals surface area contributed by atoms with Crippen molar-refractivity contribution in [2.75, 3.05) is 39.5 Å². The summed E-state index contributed by atoms with van der Waals surface area (Å²) >= 11 is 0. The van der Waals surface area contributed by atoms with Crippen LogP contribution in [0.25, 0.3) is 0 Å². The van der Waals surface area contributed by atoms with Gasteiger partial charge in [-0.3, -0.25) is 9.59 Å². The number of carbonyl (C=O) groups is 2. The molecule has 1 aliphatic heterocycles. The number of nitrogens with one attached hydrogen (secondary N) is 1. The summed E-state index contributed by atoms with van der Waals surface area (Å²) < 4.78 is 51.9. The summed E-state index contributed by atoms with van der Waals surface area (Å²) in [5.41, 5.74) is 1.27. The lowest BCUT2D eigenvalue weighted by Crippen LogP contribution is -2.45. The Hall–Kier alpha value is -3.80. The summed E-state index contributed by atoms with van der Waals surface area (Å²) in [6.45, 7) is 3.39. The molecule has 1 fully saturated rings. The topological polar surface area (TPSA) is 105 Å². The van der Waals surface area contributed by atoms with Crippen LogP contribution in [0.2, 0.25) is 0 Å². The fraction of sp³-hybridized carbons (Fsp3) is 0.355. The highest BCUT2D eigenvalue weighted by Gasteiger charge is 2.32. The van der Waals surface area contributed by atoms with Crippen LogP contribution in [0.3, 0.4) is 0 Å². The van der Waals surface area contributed by atoms with Crippen LogP contribution in [0.15, 0.2) is 83.8 Å². The van der Waals surface area contributed by atoms with E-state index in [4.69, 9.17) is 9.47 Å². The molecule has 0 aromatic heterocycles. The van der Waals surface area contributed by atoms with Gasteiger partial charge >= 0.3 is 0 Å². The maximum atomic E-state index is 13.7. The van der Waals surface area contributed by atoms with Gasteiger partial charge in [-0.25, -0.2) is 12.8 Å². The quantitative estimate of drug-likeness (QED) is 0.300. The summed E-state index contributed by atoms with van der Waals surface area (Å²) in [4.78, 5) is 28.7. The van der Waals surface area contributed by atoms with E-state index in [2.05, 4.69) is 5.32 Å². The molecule has 0 bridgehead atoms. The maximum absolute atomic E-state index is 13.7. The second-order valence-corrected chi connectivity index (χ2v) is 11.8. The van der Waals surface area contributed by atoms with Gasteiger partial charge in [0.25, 0.3) is 5.91 Å². The minimum absolute atomic E-state index is 0.0416. The molecule has 1 heterocycles. The van der Waals surface area contributed by atoms with Gasteiger partial charge in [0.15, 0.2) is 6.61 Å². The van der Waals surface area contributed by atoms with Crippen molar-refractivity contribution in [1.29, 1.82) is 0 Å². The number of ether oxygens (including phenoxy) is 2. The molecule has 1 aliphatic rings. The number of unbranched alkanes of at least 4 members (excludes halogenated alkanes) is 1. The number of carbonyl (C=O) groups excluding carboxylic acids is 2. The molecule has 0 radical (unpaired) electrons. The van der Waals surface area contributed by atoms with Gasteiger partial charge in [-0.15, -0.1) is 0 Å². The Bertz CT molecular complexity index is 1410. The zero-order valence-corrected chi connectivity index (χ0v) is 24.4. The molecule has 2 amide bonds. The summed E-state index contributed by atoms with van der Waals surface area (Å²) in [5, 5.41) is 2.93. The molecule has 1 N–H and O–H groups in total. The van der Waals surface area contributed by atoms with E-state index in [0.717, 1.165) is 12.8 Å². The van der Waals surface area contributed by atoms with Crippen molar-refractivity contribution in [3.63, 3.8) is 0 Å². The zero-order chi connectivity index (χ0) is 30.0. The second-order valence-electron chi connectivity index (χ2n) is 9.88. The van der Waals surface area contributed by atoms with Gasteiger partial charge in [-0.1, -0.05) is 55.8 Å². The van der Waals surface area contributed by atoms with Crippen molar-refractivity contribution in [1.82, 2.24) is 14.5 Å². The molecule has 0 aliphatic carbocycles. The van der Waals surface area contributed by atoms with Gasteiger partial charge < -0.3 is 19.7 Å². The van der Waals surface area contributed by atoms with E-state index in [1.165, 1.54) is 45.6 Å². The third-order valence-corrected chi connectivity index (χ3v) is 8.80. The summed E-state index contributed by atoms with van der Waals surface area (Å²) in [6.07, 6.45) is 1.69. The Morgan fingerprint density at radius 3 is 2.31 bits per heavy atom. The number of halogens is 1. The van der Waals surface area contributed by atoms with Crippen LogP contribution < -0.4 is 10.1 Å². The van der Waals surface area contributed by atoms with E-state index in [-0.39, 0.29) is 30.4 Å². The molecule has 9 nitrogen and oxygen atoms in total. The SMILES string of the molecule is CCCCNC(=O)[C@H](c1ccccc1)N(Cc1ccc(F)cc1)C(=O)COc1ccc(S(=O)(=O)N2CCOCC2)cc1. The van der Waals surface area contributed by atoms with E-state index in [0.29, 0.717) is 36.6 Å². The normalized spacial score (nSPS) is 14.6. The van der Waals surface area contributed by atoms with Crippen molar-refractivity contribution >= 4 is 21.8 Å². The highest BCUT2D eigenvalue weighted by molar-refractivity contribution is 7.89. The maximum Gasteiger partial charge on any atom is 0.261 e. The standard InChI is InChI=1S/C31H36FN3O6S/c1-2-3-17-33-31(37)30(25-7-5-4-6-8-25)35(22-24-9-11-26(32)12-10-24)29(36)23-41-27-13-15-28(16-14-27)42(38,39)34-18-20-40-21-19-34/h4-16,30H,2-3,17-23H2,1H3,(H,33,37)/t30-/m0/s1. The van der Waals surface area contributed by atoms with Crippen molar-refractivity contribution in [2.45, 2.75) is 37.2 Å². The van der Waals surface area contributed by atoms with Crippen LogP contribution in [0, 0.1) is 5.82 Å². The number of rotatable bonds is 13. The first-order chi connectivity index (χ1) is 20.3. The monoisotopic (exact) mass is 597 g/mol. The molecule has 0 unspecified atom stereocenters. The third kappa shape index (κ3) is 8.15. The Balaban J connectivity index is 1.54. The number of benzene rings is 3. The number of sulfonamides is 1. The number of nitrogens with zero attached hydrogens (tertiary/aromatic N) is 2. The highest BCUT2D eigenvalue weighted by atomic mass is 32.2. The Morgan fingerprint density at radius 1 is 1.00 bits per heavy atom. The van der Waals surface area contributed by atoms with Crippen molar-refractivity contribution < 1.29 is 31.9 Å². The van der Waals surface area contributed by atoms with Crippen LogP contribution in [0.1, 0.15) is 36.9 Å². The van der Waals surface area contributed by atoms with E-state index in [9.17, 15) is 22.4 Å². The van der Waals surface area contributed by atoms with Crippen LogP contribution >= 0.6 is 0 Å². The Labute approximate surface area is 246 Å². The Kier molecular flexibility index (Phi) is 11.0. The van der Waals surface area contributed by atoms with Gasteiger partial charge in [0.1, 0.15) is 17.6 Å². The van der Waals surface area contributed by atoms with Crippen LogP contribution in [-0.2, 0) is 30.9 Å². The summed E-state index contributed by atoms with van der Waals surface area (Å²) in [5.74, 6) is -0.905. The van der Waals surface area contributed by atoms with Crippen molar-refractivity contribution in [2.24, 2.45) is 0 Å².